The summed E-state index contributed by atoms with van der Waals surface area (Å²) in [5.74, 6) is 3.65. The predicted molar refractivity (Wildman–Crippen MR) is 240 cm³/mol. The van der Waals surface area contributed by atoms with E-state index in [0.717, 1.165) is 66.8 Å². The lowest BCUT2D eigenvalue weighted by Crippen LogP contribution is -2.01. The third kappa shape index (κ3) is 7.46. The molecular formula is C53H35N7. The number of benzene rings is 7. The summed E-state index contributed by atoms with van der Waals surface area (Å²) in [6.07, 6.45) is 3.66. The van der Waals surface area contributed by atoms with Crippen molar-refractivity contribution in [2.75, 3.05) is 0 Å². The van der Waals surface area contributed by atoms with Gasteiger partial charge in [0.25, 0.3) is 0 Å². The Balaban J connectivity index is 1.13. The molecule has 0 saturated heterocycles. The van der Waals surface area contributed by atoms with E-state index in [1.54, 1.807) is 0 Å². The lowest BCUT2D eigenvalue weighted by Gasteiger charge is -2.16. The van der Waals surface area contributed by atoms with E-state index in [-0.39, 0.29) is 0 Å². The van der Waals surface area contributed by atoms with Crippen LogP contribution < -0.4 is 0 Å². The van der Waals surface area contributed by atoms with Crippen LogP contribution >= 0.6 is 0 Å². The molecule has 282 valence electrons. The number of rotatable bonds is 9. The van der Waals surface area contributed by atoms with E-state index >= 15 is 0 Å². The summed E-state index contributed by atoms with van der Waals surface area (Å²) in [6, 6.07) is 67.6. The van der Waals surface area contributed by atoms with Crippen molar-refractivity contribution in [2.45, 2.75) is 0 Å². The first-order valence-electron chi connectivity index (χ1n) is 19.7. The zero-order chi connectivity index (χ0) is 40.1. The molecule has 60 heavy (non-hydrogen) atoms. The molecule has 0 fully saturated rings. The Bertz CT molecular complexity index is 2950. The van der Waals surface area contributed by atoms with Gasteiger partial charge in [0.1, 0.15) is 0 Å². The summed E-state index contributed by atoms with van der Waals surface area (Å²) in [5.41, 5.74) is 11.7. The van der Waals surface area contributed by atoms with Crippen LogP contribution in [0.1, 0.15) is 0 Å². The van der Waals surface area contributed by atoms with Crippen molar-refractivity contribution in [2.24, 2.45) is 0 Å². The van der Waals surface area contributed by atoms with Gasteiger partial charge in [-0.25, -0.2) is 29.9 Å². The minimum Gasteiger partial charge on any atom is -0.265 e. The van der Waals surface area contributed by atoms with Crippen molar-refractivity contribution < 1.29 is 0 Å². The minimum atomic E-state index is 0.592. The number of aromatic nitrogens is 7. The van der Waals surface area contributed by atoms with Crippen LogP contribution in [0, 0.1) is 0 Å². The molecule has 7 heteroatoms. The van der Waals surface area contributed by atoms with Crippen molar-refractivity contribution >= 4 is 0 Å². The van der Waals surface area contributed by atoms with Crippen LogP contribution in [0.4, 0.5) is 0 Å². The van der Waals surface area contributed by atoms with Gasteiger partial charge in [-0.3, -0.25) is 4.98 Å². The zero-order valence-corrected chi connectivity index (χ0v) is 32.3. The Kier molecular flexibility index (Phi) is 9.79. The molecule has 0 aliphatic carbocycles. The molecular weight excluding hydrogens is 735 g/mol. The summed E-state index contributed by atoms with van der Waals surface area (Å²) < 4.78 is 0. The molecule has 0 aliphatic heterocycles. The van der Waals surface area contributed by atoms with Crippen LogP contribution in [0.3, 0.4) is 0 Å². The van der Waals surface area contributed by atoms with Gasteiger partial charge in [0.2, 0.25) is 0 Å². The third-order valence-corrected chi connectivity index (χ3v) is 10.3. The molecule has 0 atom stereocenters. The Morgan fingerprint density at radius 1 is 0.200 bits per heavy atom. The quantitative estimate of drug-likeness (QED) is 0.144. The first kappa shape index (κ1) is 36.1. The smallest absolute Gasteiger partial charge is 0.164 e. The highest BCUT2D eigenvalue weighted by Gasteiger charge is 2.19. The molecule has 7 aromatic carbocycles. The second-order valence-corrected chi connectivity index (χ2v) is 14.2. The SMILES string of the molecule is c1ccc(-c2nc(-c3ccccc3)nc(-c3cccc(-c4cc(-c5ccccc5-c5nc(-c6ccccc6)nc(-c6ccccc6)n5)ccc4-c4ccncc4)c3)n2)cc1. The number of hydrogen-bond donors (Lipinski definition) is 0. The Labute approximate surface area is 347 Å². The van der Waals surface area contributed by atoms with Gasteiger partial charge < -0.3 is 0 Å². The molecule has 3 aromatic heterocycles. The summed E-state index contributed by atoms with van der Waals surface area (Å²) in [5, 5.41) is 0. The molecule has 0 N–H and O–H groups in total. The Morgan fingerprint density at radius 2 is 0.567 bits per heavy atom. The second kappa shape index (κ2) is 16.3. The fraction of sp³-hybridized carbons (Fsp3) is 0. The Hall–Kier alpha value is -8.29. The largest absolute Gasteiger partial charge is 0.265 e. The molecule has 10 rings (SSSR count). The van der Waals surface area contributed by atoms with Crippen LogP contribution in [0.15, 0.2) is 213 Å². The van der Waals surface area contributed by atoms with E-state index in [1.807, 2.05) is 152 Å². The molecule has 10 aromatic rings. The van der Waals surface area contributed by atoms with E-state index in [9.17, 15) is 0 Å². The monoisotopic (exact) mass is 769 g/mol. The maximum absolute atomic E-state index is 5.09. The number of hydrogen-bond acceptors (Lipinski definition) is 7. The highest BCUT2D eigenvalue weighted by atomic mass is 15.0. The average Bonchev–Trinajstić information content (AvgIpc) is 3.35. The zero-order valence-electron chi connectivity index (χ0n) is 32.3. The summed E-state index contributed by atoms with van der Waals surface area (Å²) >= 11 is 0. The topological polar surface area (TPSA) is 90.2 Å². The van der Waals surface area contributed by atoms with Gasteiger partial charge in [0.15, 0.2) is 34.9 Å². The maximum atomic E-state index is 5.09. The summed E-state index contributed by atoms with van der Waals surface area (Å²) in [7, 11) is 0. The van der Waals surface area contributed by atoms with Crippen LogP contribution in [-0.2, 0) is 0 Å². The van der Waals surface area contributed by atoms with Crippen molar-refractivity contribution in [3.8, 4) is 102 Å². The molecule has 0 amide bonds. The standard InChI is InChI=1S/C53H35N7/c1-5-16-37(17-6-1)48-55-49(38-18-7-2-8-19-38)58-52(57-48)43-25-15-24-41(34-43)47-35-42(28-29-45(47)36-30-32-54-33-31-36)44-26-13-14-27-46(44)53-59-50(39-20-9-3-10-21-39)56-51(60-53)40-22-11-4-12-23-40/h1-35H. The van der Waals surface area contributed by atoms with Gasteiger partial charge in [0, 0.05) is 45.8 Å². The highest BCUT2D eigenvalue weighted by molar-refractivity contribution is 5.91. The van der Waals surface area contributed by atoms with Gasteiger partial charge in [-0.15, -0.1) is 0 Å². The predicted octanol–water partition coefficient (Wildman–Crippen LogP) is 12.5. The van der Waals surface area contributed by atoms with Gasteiger partial charge in [-0.05, 0) is 57.6 Å². The van der Waals surface area contributed by atoms with E-state index in [0.29, 0.717) is 34.9 Å². The fourth-order valence-corrected chi connectivity index (χ4v) is 7.36. The first-order valence-corrected chi connectivity index (χ1v) is 19.7. The Morgan fingerprint density at radius 3 is 1.07 bits per heavy atom. The maximum Gasteiger partial charge on any atom is 0.164 e. The average molecular weight is 770 g/mol. The molecule has 0 unspecified atom stereocenters. The molecule has 0 radical (unpaired) electrons. The number of pyridine rings is 1. The molecule has 0 spiro atoms. The fourth-order valence-electron chi connectivity index (χ4n) is 7.36. The van der Waals surface area contributed by atoms with E-state index in [1.165, 1.54) is 0 Å². The molecule has 0 aliphatic rings. The van der Waals surface area contributed by atoms with Crippen molar-refractivity contribution in [3.05, 3.63) is 213 Å². The summed E-state index contributed by atoms with van der Waals surface area (Å²) in [6.45, 7) is 0. The third-order valence-electron chi connectivity index (χ3n) is 10.3. The van der Waals surface area contributed by atoms with Crippen molar-refractivity contribution in [3.63, 3.8) is 0 Å². The molecule has 0 saturated carbocycles. The van der Waals surface area contributed by atoms with Crippen LogP contribution in [0.5, 0.6) is 0 Å². The van der Waals surface area contributed by atoms with E-state index < -0.39 is 0 Å². The highest BCUT2D eigenvalue weighted by Crippen LogP contribution is 2.40. The molecule has 7 nitrogen and oxygen atoms in total. The van der Waals surface area contributed by atoms with Gasteiger partial charge in [-0.1, -0.05) is 176 Å². The van der Waals surface area contributed by atoms with Crippen molar-refractivity contribution in [1.82, 2.24) is 34.9 Å². The number of nitrogens with zero attached hydrogens (tertiary/aromatic N) is 7. The van der Waals surface area contributed by atoms with E-state index in [4.69, 9.17) is 29.9 Å². The van der Waals surface area contributed by atoms with Crippen LogP contribution in [0.25, 0.3) is 102 Å². The van der Waals surface area contributed by atoms with Gasteiger partial charge in [0.05, 0.1) is 0 Å². The normalized spacial score (nSPS) is 11.0. The van der Waals surface area contributed by atoms with Gasteiger partial charge >= 0.3 is 0 Å². The van der Waals surface area contributed by atoms with Crippen LogP contribution in [0.2, 0.25) is 0 Å². The lowest BCUT2D eigenvalue weighted by molar-refractivity contribution is 1.07. The molecule has 3 heterocycles. The van der Waals surface area contributed by atoms with Crippen LogP contribution in [-0.4, -0.2) is 34.9 Å². The van der Waals surface area contributed by atoms with Gasteiger partial charge in [-0.2, -0.15) is 0 Å². The van der Waals surface area contributed by atoms with Crippen molar-refractivity contribution in [1.29, 1.82) is 0 Å². The summed E-state index contributed by atoms with van der Waals surface area (Å²) in [4.78, 5) is 34.4. The minimum absolute atomic E-state index is 0.592. The van der Waals surface area contributed by atoms with E-state index in [2.05, 4.69) is 65.6 Å². The lowest BCUT2D eigenvalue weighted by atomic mass is 9.89. The second-order valence-electron chi connectivity index (χ2n) is 14.2. The molecule has 0 bridgehead atoms. The first-order chi connectivity index (χ1) is 29.7.